The average molecular weight is 253 g/mol. The molecule has 0 spiro atoms. The minimum Gasteiger partial charge on any atom is -0.370 e. The number of benzene rings is 1. The van der Waals surface area contributed by atoms with Crippen LogP contribution in [0.4, 0.5) is 11.4 Å². The second kappa shape index (κ2) is 6.08. The number of methoxy groups -OCH3 is 1. The summed E-state index contributed by atoms with van der Waals surface area (Å²) in [5.74, 6) is -0.378. The number of anilines is 1. The topological polar surface area (TPSA) is 107 Å². The number of aryl methyl sites for hydroxylation is 1. The third kappa shape index (κ3) is 3.25. The molecule has 0 saturated heterocycles. The standard InChI is InChI=1S/C11H15N3O4/c1-7-5-8(14(16)17)3-4-9(7)13-11(15)10(6-12)18-2/h3-5,10H,6,12H2,1-2H3,(H,13,15). The maximum atomic E-state index is 11.7. The first-order valence-electron chi connectivity index (χ1n) is 5.28. The first-order chi connectivity index (χ1) is 8.49. The minimum absolute atomic E-state index is 0.0207. The van der Waals surface area contributed by atoms with E-state index in [1.165, 1.54) is 25.3 Å². The third-order valence-electron chi connectivity index (χ3n) is 2.47. The van der Waals surface area contributed by atoms with Gasteiger partial charge in [-0.05, 0) is 18.6 Å². The van der Waals surface area contributed by atoms with E-state index in [1.54, 1.807) is 6.92 Å². The van der Waals surface area contributed by atoms with Crippen molar-refractivity contribution in [1.82, 2.24) is 0 Å². The van der Waals surface area contributed by atoms with Crippen molar-refractivity contribution in [3.63, 3.8) is 0 Å². The summed E-state index contributed by atoms with van der Waals surface area (Å²) < 4.78 is 4.89. The highest BCUT2D eigenvalue weighted by Gasteiger charge is 2.17. The Hall–Kier alpha value is -1.99. The molecule has 0 saturated carbocycles. The Morgan fingerprint density at radius 1 is 1.61 bits per heavy atom. The van der Waals surface area contributed by atoms with Crippen LogP contribution >= 0.6 is 0 Å². The average Bonchev–Trinajstić information content (AvgIpc) is 2.33. The van der Waals surface area contributed by atoms with Gasteiger partial charge in [0.2, 0.25) is 0 Å². The molecule has 1 atom stereocenters. The van der Waals surface area contributed by atoms with Gasteiger partial charge in [-0.3, -0.25) is 14.9 Å². The molecule has 0 aliphatic heterocycles. The van der Waals surface area contributed by atoms with E-state index < -0.39 is 11.0 Å². The zero-order chi connectivity index (χ0) is 13.7. The SMILES string of the molecule is COC(CN)C(=O)Nc1ccc([N+](=O)[O-])cc1C. The van der Waals surface area contributed by atoms with Crippen LogP contribution in [0.25, 0.3) is 0 Å². The van der Waals surface area contributed by atoms with Crippen molar-refractivity contribution in [2.45, 2.75) is 13.0 Å². The van der Waals surface area contributed by atoms with Crippen LogP contribution in [-0.4, -0.2) is 30.6 Å². The van der Waals surface area contributed by atoms with Crippen LogP contribution in [0.15, 0.2) is 18.2 Å². The molecule has 98 valence electrons. The van der Waals surface area contributed by atoms with Gasteiger partial charge in [0.25, 0.3) is 11.6 Å². The van der Waals surface area contributed by atoms with E-state index in [0.29, 0.717) is 11.3 Å². The summed E-state index contributed by atoms with van der Waals surface area (Å²) in [4.78, 5) is 21.8. The van der Waals surface area contributed by atoms with E-state index in [2.05, 4.69) is 5.32 Å². The second-order valence-electron chi connectivity index (χ2n) is 3.71. The number of carbonyl (C=O) groups is 1. The van der Waals surface area contributed by atoms with Gasteiger partial charge in [0.05, 0.1) is 4.92 Å². The van der Waals surface area contributed by atoms with Gasteiger partial charge >= 0.3 is 0 Å². The summed E-state index contributed by atoms with van der Waals surface area (Å²) in [7, 11) is 1.39. The monoisotopic (exact) mass is 253 g/mol. The number of carbonyl (C=O) groups excluding carboxylic acids is 1. The van der Waals surface area contributed by atoms with Crippen LogP contribution < -0.4 is 11.1 Å². The molecule has 7 heteroatoms. The molecule has 1 rings (SSSR count). The first kappa shape index (κ1) is 14.1. The number of nitrogens with two attached hydrogens (primary N) is 1. The molecule has 0 aliphatic rings. The Balaban J connectivity index is 2.86. The van der Waals surface area contributed by atoms with Crippen molar-refractivity contribution >= 4 is 17.3 Å². The number of non-ortho nitro benzene ring substituents is 1. The van der Waals surface area contributed by atoms with Crippen LogP contribution in [0.2, 0.25) is 0 Å². The Kier molecular flexibility index (Phi) is 4.75. The number of nitro groups is 1. The lowest BCUT2D eigenvalue weighted by Crippen LogP contribution is -2.36. The molecular weight excluding hydrogens is 238 g/mol. The maximum absolute atomic E-state index is 11.7. The van der Waals surface area contributed by atoms with Gasteiger partial charge in [0.15, 0.2) is 0 Å². The lowest BCUT2D eigenvalue weighted by Gasteiger charge is -2.14. The van der Waals surface area contributed by atoms with Crippen molar-refractivity contribution in [2.24, 2.45) is 5.73 Å². The van der Waals surface area contributed by atoms with E-state index in [0.717, 1.165) is 0 Å². The van der Waals surface area contributed by atoms with Crippen LogP contribution in [0.1, 0.15) is 5.56 Å². The lowest BCUT2D eigenvalue weighted by atomic mass is 10.1. The van der Waals surface area contributed by atoms with Crippen molar-refractivity contribution in [3.05, 3.63) is 33.9 Å². The van der Waals surface area contributed by atoms with E-state index in [9.17, 15) is 14.9 Å². The molecular formula is C11H15N3O4. The predicted octanol–water partition coefficient (Wildman–Crippen LogP) is 0.815. The van der Waals surface area contributed by atoms with Crippen LogP contribution in [-0.2, 0) is 9.53 Å². The highest BCUT2D eigenvalue weighted by molar-refractivity contribution is 5.95. The van der Waals surface area contributed by atoms with Crippen LogP contribution in [0, 0.1) is 17.0 Å². The van der Waals surface area contributed by atoms with E-state index >= 15 is 0 Å². The number of nitro benzene ring substituents is 1. The summed E-state index contributed by atoms with van der Waals surface area (Å²) in [6, 6.07) is 4.20. The van der Waals surface area contributed by atoms with Crippen LogP contribution in [0.3, 0.4) is 0 Å². The molecule has 1 aromatic carbocycles. The predicted molar refractivity (Wildman–Crippen MR) is 66.3 cm³/mol. The molecule has 1 amide bonds. The summed E-state index contributed by atoms with van der Waals surface area (Å²) in [5, 5.41) is 13.2. The Bertz CT molecular complexity index is 458. The Morgan fingerprint density at radius 2 is 2.28 bits per heavy atom. The summed E-state index contributed by atoms with van der Waals surface area (Å²) in [5.41, 5.74) is 6.45. The van der Waals surface area contributed by atoms with E-state index in [1.807, 2.05) is 0 Å². The molecule has 1 aromatic rings. The molecule has 0 heterocycles. The first-order valence-corrected chi connectivity index (χ1v) is 5.28. The summed E-state index contributed by atoms with van der Waals surface area (Å²) in [6.07, 6.45) is -0.736. The largest absolute Gasteiger partial charge is 0.370 e. The smallest absolute Gasteiger partial charge is 0.269 e. The van der Waals surface area contributed by atoms with E-state index in [4.69, 9.17) is 10.5 Å². The number of hydrogen-bond acceptors (Lipinski definition) is 5. The quantitative estimate of drug-likeness (QED) is 0.596. The normalized spacial score (nSPS) is 11.9. The lowest BCUT2D eigenvalue weighted by molar-refractivity contribution is -0.384. The number of hydrogen-bond donors (Lipinski definition) is 2. The van der Waals surface area contributed by atoms with Gasteiger partial charge in [-0.15, -0.1) is 0 Å². The highest BCUT2D eigenvalue weighted by Crippen LogP contribution is 2.21. The van der Waals surface area contributed by atoms with Crippen LogP contribution in [0.5, 0.6) is 0 Å². The number of ether oxygens (including phenoxy) is 1. The molecule has 18 heavy (non-hydrogen) atoms. The third-order valence-corrected chi connectivity index (χ3v) is 2.47. The fourth-order valence-electron chi connectivity index (χ4n) is 1.43. The zero-order valence-corrected chi connectivity index (χ0v) is 10.2. The number of amides is 1. The van der Waals surface area contributed by atoms with Crippen molar-refractivity contribution < 1.29 is 14.5 Å². The fraction of sp³-hybridized carbons (Fsp3) is 0.364. The summed E-state index contributed by atoms with van der Waals surface area (Å²) in [6.45, 7) is 1.74. The van der Waals surface area contributed by atoms with Gasteiger partial charge in [0, 0.05) is 31.5 Å². The van der Waals surface area contributed by atoms with Crippen molar-refractivity contribution in [2.75, 3.05) is 19.0 Å². The minimum atomic E-state index is -0.736. The second-order valence-corrected chi connectivity index (χ2v) is 3.71. The Labute approximate surface area is 104 Å². The zero-order valence-electron chi connectivity index (χ0n) is 10.2. The van der Waals surface area contributed by atoms with Gasteiger partial charge in [-0.1, -0.05) is 0 Å². The maximum Gasteiger partial charge on any atom is 0.269 e. The molecule has 0 fully saturated rings. The van der Waals surface area contributed by atoms with Gasteiger partial charge in [-0.2, -0.15) is 0 Å². The molecule has 0 bridgehead atoms. The summed E-state index contributed by atoms with van der Waals surface area (Å²) >= 11 is 0. The number of rotatable bonds is 5. The molecule has 0 aliphatic carbocycles. The molecule has 0 radical (unpaired) electrons. The molecule has 1 unspecified atom stereocenters. The van der Waals surface area contributed by atoms with Gasteiger partial charge in [0.1, 0.15) is 6.10 Å². The Morgan fingerprint density at radius 3 is 2.72 bits per heavy atom. The molecule has 0 aromatic heterocycles. The molecule has 7 nitrogen and oxygen atoms in total. The van der Waals surface area contributed by atoms with Gasteiger partial charge in [-0.25, -0.2) is 0 Å². The van der Waals surface area contributed by atoms with E-state index in [-0.39, 0.29) is 18.1 Å². The number of nitrogens with one attached hydrogen (secondary N) is 1. The molecule has 3 N–H and O–H groups in total. The van der Waals surface area contributed by atoms with Crippen molar-refractivity contribution in [1.29, 1.82) is 0 Å². The fourth-order valence-corrected chi connectivity index (χ4v) is 1.43. The van der Waals surface area contributed by atoms with Gasteiger partial charge < -0.3 is 15.8 Å². The number of nitrogens with zero attached hydrogens (tertiary/aromatic N) is 1. The highest BCUT2D eigenvalue weighted by atomic mass is 16.6. The van der Waals surface area contributed by atoms with Crippen molar-refractivity contribution in [3.8, 4) is 0 Å².